The summed E-state index contributed by atoms with van der Waals surface area (Å²) in [6.07, 6.45) is 2.99. The number of benzene rings is 2. The largest absolute Gasteiger partial charge is 0.503 e. The van der Waals surface area contributed by atoms with Gasteiger partial charge in [0.1, 0.15) is 12.2 Å². The highest BCUT2D eigenvalue weighted by atomic mass is 16.6. The molecule has 0 fully saturated rings. The molecule has 0 aromatic heterocycles. The fourth-order valence-electron chi connectivity index (χ4n) is 2.10. The van der Waals surface area contributed by atoms with Crippen molar-refractivity contribution in [3.8, 4) is 0 Å². The van der Waals surface area contributed by atoms with Crippen LogP contribution in [0.4, 0.5) is 0 Å². The average molecular weight is 325 g/mol. The van der Waals surface area contributed by atoms with Gasteiger partial charge in [0.05, 0.1) is 26.7 Å². The summed E-state index contributed by atoms with van der Waals surface area (Å²) in [6.45, 7) is 0.220. The summed E-state index contributed by atoms with van der Waals surface area (Å²) in [5, 5.41) is 3.96. The molecule has 0 N–H and O–H groups in total. The Morgan fingerprint density at radius 1 is 1.04 bits per heavy atom. The maximum absolute atomic E-state index is 11.9. The fourth-order valence-corrected chi connectivity index (χ4v) is 2.10. The highest BCUT2D eigenvalue weighted by molar-refractivity contribution is 6.16. The predicted octanol–water partition coefficient (Wildman–Crippen LogP) is 3.40. The van der Waals surface area contributed by atoms with Crippen molar-refractivity contribution < 1.29 is 19.1 Å². The first-order chi connectivity index (χ1) is 11.8. The van der Waals surface area contributed by atoms with Crippen molar-refractivity contribution in [1.29, 1.82) is 0 Å². The van der Waals surface area contributed by atoms with Gasteiger partial charge in [-0.1, -0.05) is 59.8 Å². The Balaban J connectivity index is 2.12. The number of hydrogen-bond donors (Lipinski definition) is 0. The third kappa shape index (κ3) is 4.71. The van der Waals surface area contributed by atoms with Crippen LogP contribution in [0.5, 0.6) is 0 Å². The summed E-state index contributed by atoms with van der Waals surface area (Å²) in [4.78, 5) is 17.3. The van der Waals surface area contributed by atoms with Crippen LogP contribution in [-0.2, 0) is 25.7 Å². The molecule has 2 aromatic rings. The van der Waals surface area contributed by atoms with E-state index in [1.165, 1.54) is 20.5 Å². The minimum absolute atomic E-state index is 0.220. The van der Waals surface area contributed by atoms with Crippen molar-refractivity contribution in [2.24, 2.45) is 5.16 Å². The third-order valence-electron chi connectivity index (χ3n) is 3.24. The van der Waals surface area contributed by atoms with Gasteiger partial charge in [0.15, 0.2) is 0 Å². The number of hydrogen-bond acceptors (Lipinski definition) is 5. The standard InChI is InChI=1S/C19H19NO4/c1-22-14-18(19(21)23-2)17-11-7-6-10-16(17)13-24-20-12-15-8-4-3-5-9-15/h3-12,14H,13H2,1-2H3. The molecule has 124 valence electrons. The van der Waals surface area contributed by atoms with E-state index in [1.807, 2.05) is 48.5 Å². The van der Waals surface area contributed by atoms with E-state index in [9.17, 15) is 4.79 Å². The Kier molecular flexibility index (Phi) is 6.58. The van der Waals surface area contributed by atoms with Crippen LogP contribution >= 0.6 is 0 Å². The van der Waals surface area contributed by atoms with Crippen LogP contribution in [0.3, 0.4) is 0 Å². The molecule has 0 bridgehead atoms. The summed E-state index contributed by atoms with van der Waals surface area (Å²) >= 11 is 0. The van der Waals surface area contributed by atoms with Gasteiger partial charge in [-0.25, -0.2) is 4.79 Å². The van der Waals surface area contributed by atoms with Crippen molar-refractivity contribution in [3.63, 3.8) is 0 Å². The van der Waals surface area contributed by atoms with Gasteiger partial charge in [0.2, 0.25) is 0 Å². The molecule has 0 unspecified atom stereocenters. The van der Waals surface area contributed by atoms with E-state index in [1.54, 1.807) is 12.3 Å². The molecule has 0 heterocycles. The monoisotopic (exact) mass is 325 g/mol. The molecule has 0 aliphatic heterocycles. The van der Waals surface area contributed by atoms with E-state index >= 15 is 0 Å². The molecule has 24 heavy (non-hydrogen) atoms. The van der Waals surface area contributed by atoms with E-state index in [0.29, 0.717) is 11.1 Å². The number of oxime groups is 1. The maximum atomic E-state index is 11.9. The zero-order chi connectivity index (χ0) is 17.2. The van der Waals surface area contributed by atoms with Gasteiger partial charge in [-0.3, -0.25) is 0 Å². The van der Waals surface area contributed by atoms with Gasteiger partial charge in [0, 0.05) is 5.56 Å². The van der Waals surface area contributed by atoms with E-state index in [0.717, 1.165) is 11.1 Å². The molecule has 0 atom stereocenters. The Labute approximate surface area is 141 Å². The highest BCUT2D eigenvalue weighted by Crippen LogP contribution is 2.21. The van der Waals surface area contributed by atoms with Gasteiger partial charge < -0.3 is 14.3 Å². The molecule has 0 aliphatic rings. The minimum atomic E-state index is -0.475. The number of carbonyl (C=O) groups is 1. The van der Waals surface area contributed by atoms with Crippen LogP contribution in [0, 0.1) is 0 Å². The van der Waals surface area contributed by atoms with Crippen LogP contribution < -0.4 is 0 Å². The van der Waals surface area contributed by atoms with Crippen molar-refractivity contribution in [2.45, 2.75) is 6.61 Å². The molecular formula is C19H19NO4. The first-order valence-corrected chi connectivity index (χ1v) is 7.36. The second-order valence-electron chi connectivity index (χ2n) is 4.83. The smallest absolute Gasteiger partial charge is 0.341 e. The summed E-state index contributed by atoms with van der Waals surface area (Å²) < 4.78 is 9.79. The third-order valence-corrected chi connectivity index (χ3v) is 3.24. The molecule has 5 heteroatoms. The Morgan fingerprint density at radius 3 is 2.46 bits per heavy atom. The second-order valence-corrected chi connectivity index (χ2v) is 4.83. The van der Waals surface area contributed by atoms with Crippen LogP contribution in [0.1, 0.15) is 16.7 Å². The number of rotatable bonds is 7. The summed E-state index contributed by atoms with van der Waals surface area (Å²) in [5.41, 5.74) is 2.75. The number of ether oxygens (including phenoxy) is 2. The van der Waals surface area contributed by atoms with E-state index in [2.05, 4.69) is 5.16 Å². The SMILES string of the molecule is COC=C(C(=O)OC)c1ccccc1CON=Cc1ccccc1. The van der Waals surface area contributed by atoms with Gasteiger partial charge in [-0.2, -0.15) is 0 Å². The Hall–Kier alpha value is -3.08. The normalized spacial score (nSPS) is 11.3. The van der Waals surface area contributed by atoms with Gasteiger partial charge >= 0.3 is 5.97 Å². The van der Waals surface area contributed by atoms with Crippen LogP contribution in [0.2, 0.25) is 0 Å². The lowest BCUT2D eigenvalue weighted by Gasteiger charge is -2.10. The Bertz CT molecular complexity index is 723. The molecule has 0 saturated carbocycles. The van der Waals surface area contributed by atoms with Crippen molar-refractivity contribution in [2.75, 3.05) is 14.2 Å². The molecule has 2 aromatic carbocycles. The topological polar surface area (TPSA) is 57.1 Å². The zero-order valence-electron chi connectivity index (χ0n) is 13.6. The van der Waals surface area contributed by atoms with Crippen molar-refractivity contribution >= 4 is 17.8 Å². The van der Waals surface area contributed by atoms with Gasteiger partial charge in [-0.05, 0) is 11.1 Å². The van der Waals surface area contributed by atoms with Crippen molar-refractivity contribution in [1.82, 2.24) is 0 Å². The first kappa shape index (κ1) is 17.3. The minimum Gasteiger partial charge on any atom is -0.503 e. The molecule has 2 rings (SSSR count). The summed E-state index contributed by atoms with van der Waals surface area (Å²) in [6, 6.07) is 17.0. The maximum Gasteiger partial charge on any atom is 0.341 e. The summed E-state index contributed by atoms with van der Waals surface area (Å²) in [7, 11) is 2.81. The van der Waals surface area contributed by atoms with Gasteiger partial charge in [0.25, 0.3) is 0 Å². The van der Waals surface area contributed by atoms with Crippen LogP contribution in [0.25, 0.3) is 5.57 Å². The van der Waals surface area contributed by atoms with E-state index < -0.39 is 5.97 Å². The number of esters is 1. The Morgan fingerprint density at radius 2 is 1.75 bits per heavy atom. The van der Waals surface area contributed by atoms with Crippen LogP contribution in [-0.4, -0.2) is 26.4 Å². The number of nitrogens with zero attached hydrogens (tertiary/aromatic N) is 1. The molecule has 0 amide bonds. The lowest BCUT2D eigenvalue weighted by Crippen LogP contribution is -2.07. The lowest BCUT2D eigenvalue weighted by atomic mass is 10.0. The molecule has 0 saturated heterocycles. The van der Waals surface area contributed by atoms with E-state index in [-0.39, 0.29) is 6.61 Å². The number of methoxy groups -OCH3 is 2. The molecule has 5 nitrogen and oxygen atoms in total. The molecule has 0 spiro atoms. The molecule has 0 radical (unpaired) electrons. The first-order valence-electron chi connectivity index (χ1n) is 7.36. The van der Waals surface area contributed by atoms with Crippen molar-refractivity contribution in [3.05, 3.63) is 77.5 Å². The summed E-state index contributed by atoms with van der Waals surface area (Å²) in [5.74, 6) is -0.475. The van der Waals surface area contributed by atoms with Gasteiger partial charge in [-0.15, -0.1) is 0 Å². The second kappa shape index (κ2) is 9.15. The lowest BCUT2D eigenvalue weighted by molar-refractivity contribution is -0.133. The number of carbonyl (C=O) groups excluding carboxylic acids is 1. The predicted molar refractivity (Wildman–Crippen MR) is 92.3 cm³/mol. The molecular weight excluding hydrogens is 306 g/mol. The zero-order valence-corrected chi connectivity index (χ0v) is 13.6. The highest BCUT2D eigenvalue weighted by Gasteiger charge is 2.16. The van der Waals surface area contributed by atoms with E-state index in [4.69, 9.17) is 14.3 Å². The average Bonchev–Trinajstić information content (AvgIpc) is 2.64. The van der Waals surface area contributed by atoms with Crippen LogP contribution in [0.15, 0.2) is 66.0 Å². The molecule has 0 aliphatic carbocycles. The quantitative estimate of drug-likeness (QED) is 0.257. The fraction of sp³-hybridized carbons (Fsp3) is 0.158.